The number of amides is 1. The van der Waals surface area contributed by atoms with Gasteiger partial charge in [0.15, 0.2) is 5.78 Å². The van der Waals surface area contributed by atoms with E-state index in [0.717, 1.165) is 31.5 Å². The number of Topliss-reactive ketones (excluding diaryl/α,β-unsaturated/α-hetero) is 1. The minimum atomic E-state index is -0.703. The maximum absolute atomic E-state index is 15.1. The highest BCUT2D eigenvalue weighted by Gasteiger charge is 2.25. The number of ketones is 1. The second kappa shape index (κ2) is 12.4. The van der Waals surface area contributed by atoms with Crippen LogP contribution in [0.25, 0.3) is 0 Å². The molecule has 0 bridgehead atoms. The molecule has 0 aromatic heterocycles. The molecule has 2 aliphatic rings. The first-order valence-electron chi connectivity index (χ1n) is 12.7. The van der Waals surface area contributed by atoms with E-state index in [0.29, 0.717) is 30.0 Å². The van der Waals surface area contributed by atoms with Gasteiger partial charge in [0.1, 0.15) is 28.2 Å². The van der Waals surface area contributed by atoms with Crippen LogP contribution >= 0.6 is 11.6 Å². The lowest BCUT2D eigenvalue weighted by atomic mass is 10.0. The lowest BCUT2D eigenvalue weighted by Crippen LogP contribution is -2.43. The van der Waals surface area contributed by atoms with Crippen molar-refractivity contribution < 1.29 is 23.5 Å². The standard InChI is InChI=1S/C29H32ClFN4O4/c1-5-21(30)29(39-25-8-6-7-18-9-10-24(36)27(18)25)33-17(2)32-23-16-22(31)20(15-26(23)38-4)28(37)34-19-11-13-35(3)14-12-19/h5-8,15-16,19H,1,9-14H2,2-4H3,(H,32,33)(H,34,37)/b29-21-. The Labute approximate surface area is 232 Å². The zero-order valence-corrected chi connectivity index (χ0v) is 23.0. The number of methoxy groups -OCH3 is 1. The Morgan fingerprint density at radius 3 is 2.67 bits per heavy atom. The van der Waals surface area contributed by atoms with Crippen LogP contribution in [-0.2, 0) is 6.42 Å². The quantitative estimate of drug-likeness (QED) is 0.199. The van der Waals surface area contributed by atoms with Gasteiger partial charge in [-0.2, -0.15) is 4.99 Å². The summed E-state index contributed by atoms with van der Waals surface area (Å²) in [5, 5.41) is 6.03. The van der Waals surface area contributed by atoms with Crippen molar-refractivity contribution in [1.82, 2.24) is 10.2 Å². The number of carbonyl (C=O) groups is 2. The highest BCUT2D eigenvalue weighted by atomic mass is 35.5. The molecule has 0 spiro atoms. The number of nitrogens with zero attached hydrogens (tertiary/aromatic N) is 2. The number of fused-ring (bicyclic) bond motifs is 1. The molecule has 0 radical (unpaired) electrons. The molecule has 1 heterocycles. The average molecular weight is 555 g/mol. The molecular weight excluding hydrogens is 523 g/mol. The van der Waals surface area contributed by atoms with Crippen LogP contribution in [-0.4, -0.2) is 55.7 Å². The first-order valence-corrected chi connectivity index (χ1v) is 13.1. The molecule has 8 nitrogen and oxygen atoms in total. The van der Waals surface area contributed by atoms with Crippen molar-refractivity contribution in [3.05, 3.63) is 76.4 Å². The summed E-state index contributed by atoms with van der Waals surface area (Å²) in [4.78, 5) is 31.8. The molecule has 2 aromatic rings. The molecule has 1 fully saturated rings. The van der Waals surface area contributed by atoms with Gasteiger partial charge in [0.05, 0.1) is 23.9 Å². The van der Waals surface area contributed by atoms with Gasteiger partial charge in [-0.05, 0) is 70.1 Å². The van der Waals surface area contributed by atoms with E-state index in [4.69, 9.17) is 21.1 Å². The maximum atomic E-state index is 15.1. The van der Waals surface area contributed by atoms with E-state index >= 15 is 4.39 Å². The first-order chi connectivity index (χ1) is 18.7. The summed E-state index contributed by atoms with van der Waals surface area (Å²) in [5.74, 6) is -0.279. The normalized spacial score (nSPS) is 16.8. The number of likely N-dealkylation sites (tertiary alicyclic amines) is 1. The zero-order chi connectivity index (χ0) is 28.1. The summed E-state index contributed by atoms with van der Waals surface area (Å²) in [5.41, 5.74) is 1.58. The Morgan fingerprint density at radius 2 is 1.97 bits per heavy atom. The van der Waals surface area contributed by atoms with Gasteiger partial charge in [-0.3, -0.25) is 9.59 Å². The minimum absolute atomic E-state index is 0.00587. The fourth-order valence-electron chi connectivity index (χ4n) is 4.66. The molecule has 0 unspecified atom stereocenters. The smallest absolute Gasteiger partial charge is 0.254 e. The van der Waals surface area contributed by atoms with E-state index in [2.05, 4.69) is 27.1 Å². The molecule has 1 amide bonds. The second-order valence-corrected chi connectivity index (χ2v) is 9.99. The fraction of sp³-hybridized carbons (Fsp3) is 0.345. The van der Waals surface area contributed by atoms with E-state index in [9.17, 15) is 9.59 Å². The van der Waals surface area contributed by atoms with E-state index in [1.807, 2.05) is 13.1 Å². The van der Waals surface area contributed by atoms with Gasteiger partial charge in [0, 0.05) is 18.5 Å². The summed E-state index contributed by atoms with van der Waals surface area (Å²) in [6, 6.07) is 7.91. The number of aryl methyl sites for hydroxylation is 1. The third kappa shape index (κ3) is 6.66. The molecule has 0 atom stereocenters. The summed E-state index contributed by atoms with van der Waals surface area (Å²) in [6.45, 7) is 7.06. The molecule has 1 saturated heterocycles. The van der Waals surface area contributed by atoms with Crippen molar-refractivity contribution in [1.29, 1.82) is 0 Å². The summed E-state index contributed by atoms with van der Waals surface area (Å²) in [6.07, 6.45) is 4.06. The summed E-state index contributed by atoms with van der Waals surface area (Å²) >= 11 is 6.33. The molecule has 2 N–H and O–H groups in total. The van der Waals surface area contributed by atoms with Crippen molar-refractivity contribution >= 4 is 34.8 Å². The van der Waals surface area contributed by atoms with Crippen molar-refractivity contribution in [3.8, 4) is 11.5 Å². The fourth-order valence-corrected chi connectivity index (χ4v) is 4.74. The van der Waals surface area contributed by atoms with Crippen LogP contribution in [0.3, 0.4) is 0 Å². The van der Waals surface area contributed by atoms with Crippen LogP contribution in [0.2, 0.25) is 0 Å². The summed E-state index contributed by atoms with van der Waals surface area (Å²) in [7, 11) is 3.46. The number of piperidine rings is 1. The van der Waals surface area contributed by atoms with Gasteiger partial charge in [-0.15, -0.1) is 0 Å². The lowest BCUT2D eigenvalue weighted by molar-refractivity contribution is 0.0911. The number of aliphatic imine (C=N–C) groups is 1. The van der Waals surface area contributed by atoms with Gasteiger partial charge in [0.2, 0.25) is 5.88 Å². The van der Waals surface area contributed by atoms with E-state index in [-0.39, 0.29) is 39.7 Å². The third-order valence-electron chi connectivity index (χ3n) is 6.78. The van der Waals surface area contributed by atoms with E-state index in [1.165, 1.54) is 25.3 Å². The number of halogens is 2. The Bertz CT molecular complexity index is 1350. The number of allylic oxidation sites excluding steroid dienone is 2. The van der Waals surface area contributed by atoms with Crippen LogP contribution in [0.15, 0.2) is 58.9 Å². The lowest BCUT2D eigenvalue weighted by Gasteiger charge is -2.29. The topological polar surface area (TPSA) is 92.3 Å². The first kappa shape index (κ1) is 28.3. The molecule has 39 heavy (non-hydrogen) atoms. The van der Waals surface area contributed by atoms with Crippen LogP contribution in [0.4, 0.5) is 10.1 Å². The molecule has 206 valence electrons. The average Bonchev–Trinajstić information content (AvgIpc) is 3.30. The summed E-state index contributed by atoms with van der Waals surface area (Å²) < 4.78 is 26.5. The minimum Gasteiger partial charge on any atom is -0.495 e. The van der Waals surface area contributed by atoms with Gasteiger partial charge in [-0.1, -0.05) is 30.3 Å². The van der Waals surface area contributed by atoms with Crippen molar-refractivity contribution in [2.24, 2.45) is 4.99 Å². The number of rotatable bonds is 8. The highest BCUT2D eigenvalue weighted by molar-refractivity contribution is 6.31. The molecule has 4 rings (SSSR count). The number of hydrogen-bond acceptors (Lipinski definition) is 6. The number of amidine groups is 1. The van der Waals surface area contributed by atoms with Crippen molar-refractivity contribution in [2.75, 3.05) is 32.6 Å². The van der Waals surface area contributed by atoms with Gasteiger partial charge < -0.3 is 25.0 Å². The molecular formula is C29H32ClFN4O4. The van der Waals surface area contributed by atoms with Crippen LogP contribution < -0.4 is 20.1 Å². The van der Waals surface area contributed by atoms with Crippen molar-refractivity contribution in [3.63, 3.8) is 0 Å². The largest absolute Gasteiger partial charge is 0.495 e. The van der Waals surface area contributed by atoms with E-state index < -0.39 is 11.7 Å². The molecule has 0 saturated carbocycles. The molecule has 1 aliphatic heterocycles. The second-order valence-electron chi connectivity index (χ2n) is 9.58. The molecule has 1 aliphatic carbocycles. The maximum Gasteiger partial charge on any atom is 0.254 e. The number of nitrogens with one attached hydrogen (secondary N) is 2. The van der Waals surface area contributed by atoms with Gasteiger partial charge in [-0.25, -0.2) is 4.39 Å². The Kier molecular flexibility index (Phi) is 9.04. The monoisotopic (exact) mass is 554 g/mol. The van der Waals surface area contributed by atoms with Crippen LogP contribution in [0.1, 0.15) is 52.5 Å². The Morgan fingerprint density at radius 1 is 1.23 bits per heavy atom. The molecule has 10 heteroatoms. The molecule has 2 aromatic carbocycles. The number of ether oxygens (including phenoxy) is 2. The van der Waals surface area contributed by atoms with Crippen molar-refractivity contribution in [2.45, 2.75) is 38.6 Å². The number of anilines is 1. The Balaban J connectivity index is 1.54. The number of hydrogen-bond donors (Lipinski definition) is 2. The number of carbonyl (C=O) groups excluding carboxylic acids is 2. The SMILES string of the molecule is C=C/C(Cl)=C(\N=C(/C)Nc1cc(F)c(C(=O)NC2CCN(C)CC2)cc1OC)Oc1cccc2c1C(=O)CC2. The third-order valence-corrected chi connectivity index (χ3v) is 7.09. The van der Waals surface area contributed by atoms with Crippen LogP contribution in [0, 0.1) is 5.82 Å². The van der Waals surface area contributed by atoms with E-state index in [1.54, 1.807) is 19.1 Å². The number of benzene rings is 2. The van der Waals surface area contributed by atoms with Crippen LogP contribution in [0.5, 0.6) is 11.5 Å². The van der Waals surface area contributed by atoms with Gasteiger partial charge >= 0.3 is 0 Å². The van der Waals surface area contributed by atoms with Gasteiger partial charge in [0.25, 0.3) is 5.91 Å². The zero-order valence-electron chi connectivity index (χ0n) is 22.3. The predicted molar refractivity (Wildman–Crippen MR) is 150 cm³/mol. The Hall–Kier alpha value is -3.69. The highest BCUT2D eigenvalue weighted by Crippen LogP contribution is 2.33. The predicted octanol–water partition coefficient (Wildman–Crippen LogP) is 5.29.